The first-order valence-corrected chi connectivity index (χ1v) is 8.02. The number of furan rings is 1. The van der Waals surface area contributed by atoms with Gasteiger partial charge < -0.3 is 14.5 Å². The van der Waals surface area contributed by atoms with Crippen LogP contribution in [-0.2, 0) is 17.9 Å². The lowest BCUT2D eigenvalue weighted by Crippen LogP contribution is -2.21. The molecule has 114 valence electrons. The summed E-state index contributed by atoms with van der Waals surface area (Å²) >= 11 is 0. The number of ether oxygens (including phenoxy) is 1. The zero-order chi connectivity index (χ0) is 14.4. The van der Waals surface area contributed by atoms with Crippen molar-refractivity contribution in [3.8, 4) is 0 Å². The van der Waals surface area contributed by atoms with Gasteiger partial charge in [-0.2, -0.15) is 0 Å². The van der Waals surface area contributed by atoms with Gasteiger partial charge in [0.05, 0.1) is 12.4 Å². The molecule has 0 spiro atoms. The summed E-state index contributed by atoms with van der Waals surface area (Å²) in [5.41, 5.74) is 1.21. The van der Waals surface area contributed by atoms with Crippen LogP contribution in [0.25, 0.3) is 0 Å². The number of nitrogens with one attached hydrogen (secondary N) is 1. The van der Waals surface area contributed by atoms with Crippen LogP contribution < -0.4 is 5.32 Å². The van der Waals surface area contributed by atoms with Gasteiger partial charge in [0.25, 0.3) is 0 Å². The molecule has 0 aromatic carbocycles. The van der Waals surface area contributed by atoms with Crippen LogP contribution in [0.5, 0.6) is 0 Å². The fourth-order valence-corrected chi connectivity index (χ4v) is 2.83. The summed E-state index contributed by atoms with van der Waals surface area (Å²) < 4.78 is 11.6. The van der Waals surface area contributed by atoms with Crippen LogP contribution in [0.2, 0.25) is 0 Å². The van der Waals surface area contributed by atoms with Crippen LogP contribution >= 0.6 is 0 Å². The van der Waals surface area contributed by atoms with Crippen molar-refractivity contribution in [3.63, 3.8) is 0 Å². The van der Waals surface area contributed by atoms with E-state index in [0.717, 1.165) is 24.8 Å². The predicted molar refractivity (Wildman–Crippen MR) is 81.5 cm³/mol. The molecular formula is C17H29NO2. The number of hydrogen-bond donors (Lipinski definition) is 1. The zero-order valence-corrected chi connectivity index (χ0v) is 13.2. The van der Waals surface area contributed by atoms with E-state index in [1.54, 1.807) is 0 Å². The summed E-state index contributed by atoms with van der Waals surface area (Å²) in [5, 5.41) is 3.42. The lowest BCUT2D eigenvalue weighted by Gasteiger charge is -2.26. The monoisotopic (exact) mass is 279 g/mol. The molecule has 2 rings (SSSR count). The Hall–Kier alpha value is -0.800. The topological polar surface area (TPSA) is 34.4 Å². The van der Waals surface area contributed by atoms with Crippen LogP contribution in [-0.4, -0.2) is 12.6 Å². The Labute approximate surface area is 123 Å². The fraction of sp³-hybridized carbons (Fsp3) is 0.765. The zero-order valence-electron chi connectivity index (χ0n) is 13.2. The highest BCUT2D eigenvalue weighted by Gasteiger charge is 2.19. The van der Waals surface area contributed by atoms with E-state index >= 15 is 0 Å². The van der Waals surface area contributed by atoms with Crippen LogP contribution in [0, 0.1) is 11.8 Å². The Kier molecular flexibility index (Phi) is 6.11. The van der Waals surface area contributed by atoms with Crippen molar-refractivity contribution in [1.82, 2.24) is 5.32 Å². The van der Waals surface area contributed by atoms with Gasteiger partial charge in [-0.05, 0) is 37.3 Å². The first kappa shape index (κ1) is 15.6. The van der Waals surface area contributed by atoms with E-state index in [9.17, 15) is 0 Å². The minimum absolute atomic E-state index is 0.423. The van der Waals surface area contributed by atoms with Crippen molar-refractivity contribution < 1.29 is 9.15 Å². The molecule has 0 bridgehead atoms. The van der Waals surface area contributed by atoms with E-state index in [1.807, 2.05) is 6.26 Å². The van der Waals surface area contributed by atoms with Crippen molar-refractivity contribution in [2.75, 3.05) is 6.54 Å². The lowest BCUT2D eigenvalue weighted by molar-refractivity contribution is -0.00264. The standard InChI is InChI=1S/C17H29NO2/c1-13(2)9-18-10-15-8-17(19-11-15)12-20-16-6-4-5-14(3)7-16/h8,11,13-14,16,18H,4-7,9-10,12H2,1-3H3. The number of hydrogen-bond acceptors (Lipinski definition) is 3. The van der Waals surface area contributed by atoms with Crippen molar-refractivity contribution in [2.45, 2.75) is 65.7 Å². The van der Waals surface area contributed by atoms with Crippen molar-refractivity contribution in [3.05, 3.63) is 23.7 Å². The second-order valence-corrected chi connectivity index (χ2v) is 6.65. The molecule has 0 amide bonds. The van der Waals surface area contributed by atoms with E-state index in [4.69, 9.17) is 9.15 Å². The molecule has 3 nitrogen and oxygen atoms in total. The van der Waals surface area contributed by atoms with Gasteiger partial charge in [-0.15, -0.1) is 0 Å². The molecule has 3 heteroatoms. The van der Waals surface area contributed by atoms with Crippen LogP contribution in [0.3, 0.4) is 0 Å². The fourth-order valence-electron chi connectivity index (χ4n) is 2.83. The highest BCUT2D eigenvalue weighted by molar-refractivity contribution is 5.12. The number of rotatable bonds is 7. The average molecular weight is 279 g/mol. The molecule has 2 atom stereocenters. The van der Waals surface area contributed by atoms with Crippen LogP contribution in [0.1, 0.15) is 57.8 Å². The molecule has 1 aromatic rings. The second-order valence-electron chi connectivity index (χ2n) is 6.65. The molecular weight excluding hydrogens is 250 g/mol. The Balaban J connectivity index is 1.69. The van der Waals surface area contributed by atoms with Crippen molar-refractivity contribution in [1.29, 1.82) is 0 Å². The quantitative estimate of drug-likeness (QED) is 0.815. The van der Waals surface area contributed by atoms with E-state index in [-0.39, 0.29) is 0 Å². The molecule has 1 N–H and O–H groups in total. The summed E-state index contributed by atoms with van der Waals surface area (Å²) in [6.07, 6.45) is 7.32. The highest BCUT2D eigenvalue weighted by Crippen LogP contribution is 2.26. The first-order chi connectivity index (χ1) is 9.63. The third-order valence-corrected chi connectivity index (χ3v) is 3.94. The van der Waals surface area contributed by atoms with E-state index in [2.05, 4.69) is 32.2 Å². The van der Waals surface area contributed by atoms with Crippen LogP contribution in [0.4, 0.5) is 0 Å². The molecule has 0 radical (unpaired) electrons. The van der Waals surface area contributed by atoms with Gasteiger partial charge in [-0.1, -0.05) is 33.6 Å². The SMILES string of the molecule is CC(C)CNCc1coc(COC2CCCC(C)C2)c1. The molecule has 1 fully saturated rings. The first-order valence-electron chi connectivity index (χ1n) is 8.02. The molecule has 1 aliphatic rings. The summed E-state index contributed by atoms with van der Waals surface area (Å²) in [6.45, 7) is 9.28. The average Bonchev–Trinajstić information content (AvgIpc) is 2.84. The summed E-state index contributed by atoms with van der Waals surface area (Å²) in [5.74, 6) is 2.43. The van der Waals surface area contributed by atoms with Crippen molar-refractivity contribution >= 4 is 0 Å². The maximum atomic E-state index is 5.98. The molecule has 1 heterocycles. The third-order valence-electron chi connectivity index (χ3n) is 3.94. The van der Waals surface area contributed by atoms with E-state index in [0.29, 0.717) is 18.6 Å². The molecule has 2 unspecified atom stereocenters. The summed E-state index contributed by atoms with van der Waals surface area (Å²) in [7, 11) is 0. The van der Waals surface area contributed by atoms with Gasteiger partial charge in [0.15, 0.2) is 0 Å². The van der Waals surface area contributed by atoms with Gasteiger partial charge in [0.2, 0.25) is 0 Å². The predicted octanol–water partition coefficient (Wildman–Crippen LogP) is 4.12. The smallest absolute Gasteiger partial charge is 0.129 e. The van der Waals surface area contributed by atoms with Crippen molar-refractivity contribution in [2.24, 2.45) is 11.8 Å². The molecule has 1 aliphatic carbocycles. The van der Waals surface area contributed by atoms with E-state index in [1.165, 1.54) is 31.2 Å². The maximum Gasteiger partial charge on any atom is 0.129 e. The van der Waals surface area contributed by atoms with Gasteiger partial charge in [-0.25, -0.2) is 0 Å². The Morgan fingerprint density at radius 1 is 1.40 bits per heavy atom. The molecule has 1 aromatic heterocycles. The van der Waals surface area contributed by atoms with E-state index < -0.39 is 0 Å². The highest BCUT2D eigenvalue weighted by atomic mass is 16.5. The van der Waals surface area contributed by atoms with Gasteiger partial charge in [0.1, 0.15) is 12.4 Å². The molecule has 20 heavy (non-hydrogen) atoms. The Bertz CT molecular complexity index is 386. The van der Waals surface area contributed by atoms with Crippen LogP contribution in [0.15, 0.2) is 16.7 Å². The second kappa shape index (κ2) is 7.84. The maximum absolute atomic E-state index is 5.98. The van der Waals surface area contributed by atoms with Gasteiger partial charge in [0, 0.05) is 12.1 Å². The minimum atomic E-state index is 0.423. The van der Waals surface area contributed by atoms with Gasteiger partial charge >= 0.3 is 0 Å². The Morgan fingerprint density at radius 2 is 2.25 bits per heavy atom. The summed E-state index contributed by atoms with van der Waals surface area (Å²) in [4.78, 5) is 0. The molecule has 0 saturated heterocycles. The molecule has 1 saturated carbocycles. The normalized spacial score (nSPS) is 23.4. The minimum Gasteiger partial charge on any atom is -0.467 e. The molecule has 0 aliphatic heterocycles. The largest absolute Gasteiger partial charge is 0.467 e. The third kappa shape index (κ3) is 5.29. The Morgan fingerprint density at radius 3 is 3.00 bits per heavy atom. The van der Waals surface area contributed by atoms with Gasteiger partial charge in [-0.3, -0.25) is 0 Å². The lowest BCUT2D eigenvalue weighted by atomic mass is 9.89. The summed E-state index contributed by atoms with van der Waals surface area (Å²) in [6, 6.07) is 2.11.